The number of rotatable bonds is 8. The number of amides is 1. The molecule has 0 saturated carbocycles. The fraction of sp³-hybridized carbons (Fsp3) is 0.107. The van der Waals surface area contributed by atoms with Gasteiger partial charge in [0.05, 0.1) is 29.3 Å². The van der Waals surface area contributed by atoms with Gasteiger partial charge < -0.3 is 20.2 Å². The number of aromatic hydroxyl groups is 1. The molecule has 0 spiro atoms. The van der Waals surface area contributed by atoms with E-state index in [0.29, 0.717) is 16.4 Å². The fourth-order valence-corrected chi connectivity index (χ4v) is 7.13. The maximum absolute atomic E-state index is 13.5. The standard InChI is InChI=1S/C28H22ClN3O9S2/c1-2-41-21-13-16(5-12-20(21)33)24-23(25(34)15-3-6-17(29)7-4-15)26(35)27(36)31(24)28-30-14-22(42-28)43(39,40)19-10-8-18(9-11-19)32(37)38/h3-14,24,32-34,37H,2H2,1H3. The molecule has 0 radical (unpaired) electrons. The quantitative estimate of drug-likeness (QED) is 0.0955. The first-order chi connectivity index (χ1) is 20.4. The number of quaternary nitrogens is 1. The number of carbonyl (C=O) groups is 2. The van der Waals surface area contributed by atoms with E-state index in [1.165, 1.54) is 42.5 Å². The van der Waals surface area contributed by atoms with Crippen LogP contribution in [-0.2, 0) is 19.4 Å². The molecule has 1 aliphatic heterocycles. The van der Waals surface area contributed by atoms with Gasteiger partial charge in [0.2, 0.25) is 9.84 Å². The molecule has 222 valence electrons. The molecule has 2 atom stereocenters. The number of benzene rings is 3. The highest BCUT2D eigenvalue weighted by atomic mass is 35.5. The molecule has 2 unspecified atom stereocenters. The number of phenols is 1. The predicted molar refractivity (Wildman–Crippen MR) is 155 cm³/mol. The van der Waals surface area contributed by atoms with E-state index < -0.39 is 38.6 Å². The summed E-state index contributed by atoms with van der Waals surface area (Å²) >= 11 is 6.59. The number of hydrogen-bond donors (Lipinski definition) is 4. The van der Waals surface area contributed by atoms with Gasteiger partial charge in [-0.2, -0.15) is 5.23 Å². The summed E-state index contributed by atoms with van der Waals surface area (Å²) in [6.45, 7) is 1.90. The molecular formula is C28H22ClN3O9S2. The Balaban J connectivity index is 1.64. The Morgan fingerprint density at radius 2 is 1.79 bits per heavy atom. The highest BCUT2D eigenvalue weighted by molar-refractivity contribution is 7.93. The van der Waals surface area contributed by atoms with Crippen LogP contribution in [0.15, 0.2) is 87.6 Å². The van der Waals surface area contributed by atoms with E-state index >= 15 is 0 Å². The van der Waals surface area contributed by atoms with Crippen molar-refractivity contribution in [3.8, 4) is 11.5 Å². The van der Waals surface area contributed by atoms with Crippen molar-refractivity contribution in [3.05, 3.63) is 99.9 Å². The first kappa shape index (κ1) is 30.2. The van der Waals surface area contributed by atoms with Crippen LogP contribution < -0.4 is 14.9 Å². The van der Waals surface area contributed by atoms with E-state index in [0.717, 1.165) is 35.4 Å². The molecule has 1 aromatic heterocycles. The van der Waals surface area contributed by atoms with Crippen LogP contribution in [0, 0.1) is 5.21 Å². The number of carbonyl (C=O) groups excluding carboxylic acids is 2. The summed E-state index contributed by atoms with van der Waals surface area (Å²) in [4.78, 5) is 31.8. The van der Waals surface area contributed by atoms with Gasteiger partial charge in [-0.1, -0.05) is 29.0 Å². The molecule has 4 N–H and O–H groups in total. The van der Waals surface area contributed by atoms with Gasteiger partial charge in [-0.15, -0.1) is 0 Å². The number of Topliss-reactive ketones (excluding diaryl/α,β-unsaturated/α-hetero) is 1. The Kier molecular flexibility index (Phi) is 8.25. The number of hydrogen-bond acceptors (Lipinski definition) is 11. The van der Waals surface area contributed by atoms with Crippen molar-refractivity contribution in [1.82, 2.24) is 4.98 Å². The second-order valence-corrected chi connectivity index (χ2v) is 12.8. The van der Waals surface area contributed by atoms with E-state index in [-0.39, 0.29) is 54.7 Å². The predicted octanol–water partition coefficient (Wildman–Crippen LogP) is 3.76. The minimum absolute atomic E-state index is 0.0595. The lowest BCUT2D eigenvalue weighted by Gasteiger charge is -2.23. The van der Waals surface area contributed by atoms with Gasteiger partial charge in [0.1, 0.15) is 9.97 Å². The van der Waals surface area contributed by atoms with Crippen LogP contribution in [0.4, 0.5) is 10.8 Å². The summed E-state index contributed by atoms with van der Waals surface area (Å²) in [6.07, 6.45) is 1.03. The lowest BCUT2D eigenvalue weighted by atomic mass is 9.95. The molecule has 12 nitrogen and oxygen atoms in total. The van der Waals surface area contributed by atoms with E-state index in [4.69, 9.17) is 21.5 Å². The molecule has 3 aromatic carbocycles. The first-order valence-electron chi connectivity index (χ1n) is 12.5. The van der Waals surface area contributed by atoms with Crippen molar-refractivity contribution in [2.45, 2.75) is 22.1 Å². The van der Waals surface area contributed by atoms with Crippen LogP contribution in [0.2, 0.25) is 5.02 Å². The number of ether oxygens (including phenoxy) is 1. The number of phenolic OH excluding ortho intramolecular Hbond substituents is 1. The van der Waals surface area contributed by atoms with Crippen LogP contribution in [0.5, 0.6) is 11.5 Å². The van der Waals surface area contributed by atoms with Gasteiger partial charge >= 0.3 is 5.91 Å². The average molecular weight is 644 g/mol. The van der Waals surface area contributed by atoms with Gasteiger partial charge in [-0.05, 0) is 61.0 Å². The number of aliphatic hydroxyl groups excluding tert-OH is 1. The largest absolute Gasteiger partial charge is 0.595 e. The van der Waals surface area contributed by atoms with Crippen LogP contribution in [0.25, 0.3) is 5.76 Å². The first-order valence-corrected chi connectivity index (χ1v) is 15.2. The number of sulfone groups is 1. The third-order valence-corrected chi connectivity index (χ3v) is 10.00. The normalized spacial score (nSPS) is 17.3. The number of thiazole rings is 1. The number of anilines is 1. The number of nitrogens with zero attached hydrogens (tertiary/aromatic N) is 2. The maximum atomic E-state index is 13.5. The van der Waals surface area contributed by atoms with Gasteiger partial charge in [-0.25, -0.2) is 18.6 Å². The van der Waals surface area contributed by atoms with E-state index in [2.05, 4.69) is 4.98 Å². The van der Waals surface area contributed by atoms with Crippen molar-refractivity contribution >= 4 is 61.0 Å². The SMILES string of the molecule is CCOc1cc(C2C(=C(O)c3ccc(Cl)cc3)C(=O)C(=O)N2c2ncc(S(=O)(=O)c3ccc([NH+]([O-])O)cc3)s2)ccc1O. The molecule has 4 aromatic rings. The average Bonchev–Trinajstić information content (AvgIpc) is 3.58. The van der Waals surface area contributed by atoms with Crippen LogP contribution in [-0.4, -0.2) is 47.1 Å². The van der Waals surface area contributed by atoms with Crippen molar-refractivity contribution in [2.24, 2.45) is 0 Å². The zero-order chi connectivity index (χ0) is 31.1. The molecule has 1 aliphatic rings. The van der Waals surface area contributed by atoms with E-state index in [9.17, 15) is 33.4 Å². The van der Waals surface area contributed by atoms with Gasteiger partial charge in [-0.3, -0.25) is 14.5 Å². The van der Waals surface area contributed by atoms with E-state index in [1.807, 2.05) is 0 Å². The van der Waals surface area contributed by atoms with Crippen molar-refractivity contribution in [3.63, 3.8) is 0 Å². The third kappa shape index (κ3) is 5.59. The summed E-state index contributed by atoms with van der Waals surface area (Å²) in [5.41, 5.74) is 0.0562. The van der Waals surface area contributed by atoms with Crippen LogP contribution in [0.3, 0.4) is 0 Å². The summed E-state index contributed by atoms with van der Waals surface area (Å²) in [5, 5.41) is 40.8. The van der Waals surface area contributed by atoms with Gasteiger partial charge in [0.25, 0.3) is 5.78 Å². The lowest BCUT2D eigenvalue weighted by Crippen LogP contribution is -2.99. The molecule has 43 heavy (non-hydrogen) atoms. The summed E-state index contributed by atoms with van der Waals surface area (Å²) in [6, 6.07) is 13.4. The molecule has 1 amide bonds. The smallest absolute Gasteiger partial charge is 0.301 e. The number of ketones is 1. The Morgan fingerprint density at radius 3 is 2.42 bits per heavy atom. The van der Waals surface area contributed by atoms with E-state index in [1.54, 1.807) is 6.92 Å². The zero-order valence-electron chi connectivity index (χ0n) is 22.1. The molecule has 0 aliphatic carbocycles. The highest BCUT2D eigenvalue weighted by Gasteiger charge is 2.48. The van der Waals surface area contributed by atoms with Gasteiger partial charge in [0.15, 0.2) is 22.3 Å². The Hall–Kier alpha value is -4.31. The highest BCUT2D eigenvalue weighted by Crippen LogP contribution is 2.45. The molecule has 15 heteroatoms. The Morgan fingerprint density at radius 1 is 1.12 bits per heavy atom. The van der Waals surface area contributed by atoms with Crippen molar-refractivity contribution in [1.29, 1.82) is 0 Å². The Bertz CT molecular complexity index is 1850. The Labute approximate surface area is 253 Å². The molecule has 1 saturated heterocycles. The topological polar surface area (TPSA) is 182 Å². The molecule has 2 heterocycles. The summed E-state index contributed by atoms with van der Waals surface area (Å²) in [5.74, 6) is -2.76. The minimum Gasteiger partial charge on any atom is -0.595 e. The monoisotopic (exact) mass is 643 g/mol. The number of aromatic nitrogens is 1. The van der Waals surface area contributed by atoms with Crippen LogP contribution in [0.1, 0.15) is 24.1 Å². The second-order valence-electron chi connectivity index (χ2n) is 9.13. The summed E-state index contributed by atoms with van der Waals surface area (Å²) in [7, 11) is -4.19. The fourth-order valence-electron chi connectivity index (χ4n) is 4.46. The molecule has 0 bridgehead atoms. The number of nitrogens with one attached hydrogen (secondary N) is 1. The zero-order valence-corrected chi connectivity index (χ0v) is 24.5. The van der Waals surface area contributed by atoms with Crippen molar-refractivity contribution < 1.29 is 43.4 Å². The maximum Gasteiger partial charge on any atom is 0.301 e. The molecule has 5 rings (SSSR count). The van der Waals surface area contributed by atoms with Gasteiger partial charge in [0, 0.05) is 22.7 Å². The lowest BCUT2D eigenvalue weighted by molar-refractivity contribution is -0.991. The minimum atomic E-state index is -4.19. The third-order valence-electron chi connectivity index (χ3n) is 6.52. The summed E-state index contributed by atoms with van der Waals surface area (Å²) < 4.78 is 31.9. The molecule has 1 fully saturated rings. The van der Waals surface area contributed by atoms with Crippen molar-refractivity contribution in [2.75, 3.05) is 11.5 Å². The number of aliphatic hydroxyl groups is 1. The van der Waals surface area contributed by atoms with Crippen LogP contribution >= 0.6 is 22.9 Å². The second kappa shape index (κ2) is 11.8. The number of halogens is 1. The molecular weight excluding hydrogens is 622 g/mol.